The Balaban J connectivity index is 1.27. The molecule has 4 fully saturated rings. The quantitative estimate of drug-likeness (QED) is 0.690. The molecule has 3 atom stereocenters. The van der Waals surface area contributed by atoms with Gasteiger partial charge in [-0.2, -0.15) is 0 Å². The molecule has 31 heavy (non-hydrogen) atoms. The maximum Gasteiger partial charge on any atom is 0.271 e. The molecule has 0 radical (unpaired) electrons. The molecule has 3 N–H and O–H groups in total. The minimum absolute atomic E-state index is 0.104. The first-order chi connectivity index (χ1) is 14.9. The zero-order valence-corrected chi connectivity index (χ0v) is 18.5. The number of nitrogens with one attached hydrogen (secondary N) is 3. The molecule has 1 saturated heterocycles. The lowest BCUT2D eigenvalue weighted by molar-refractivity contribution is -0.103. The zero-order valence-electron chi connectivity index (χ0n) is 18.5. The van der Waals surface area contributed by atoms with Crippen LogP contribution in [0.3, 0.4) is 0 Å². The fourth-order valence-corrected chi connectivity index (χ4v) is 6.05. The SMILES string of the molecule is CC1(C)[C@H]2CC[C@@H](CNC(=O)c3cccc4nc(C(=O)NC5CCNCC5)cn34)[C@@H]1C2. The third-order valence-corrected chi connectivity index (χ3v) is 8.16. The van der Waals surface area contributed by atoms with E-state index < -0.39 is 0 Å². The Labute approximate surface area is 183 Å². The molecule has 1 aliphatic heterocycles. The molecular weight excluding hydrogens is 390 g/mol. The Bertz CT molecular complexity index is 989. The topological polar surface area (TPSA) is 87.5 Å². The van der Waals surface area contributed by atoms with Gasteiger partial charge in [0.25, 0.3) is 11.8 Å². The molecule has 3 aliphatic carbocycles. The van der Waals surface area contributed by atoms with Crippen molar-refractivity contribution in [3.05, 3.63) is 35.8 Å². The van der Waals surface area contributed by atoms with Crippen molar-refractivity contribution >= 4 is 17.5 Å². The van der Waals surface area contributed by atoms with Crippen molar-refractivity contribution < 1.29 is 9.59 Å². The van der Waals surface area contributed by atoms with Crippen molar-refractivity contribution in [3.63, 3.8) is 0 Å². The van der Waals surface area contributed by atoms with Crippen LogP contribution in [0.25, 0.3) is 5.65 Å². The summed E-state index contributed by atoms with van der Waals surface area (Å²) < 4.78 is 1.73. The van der Waals surface area contributed by atoms with Crippen LogP contribution in [-0.4, -0.2) is 46.9 Å². The zero-order chi connectivity index (χ0) is 21.6. The first-order valence-electron chi connectivity index (χ1n) is 11.7. The number of rotatable bonds is 5. The maximum atomic E-state index is 13.0. The van der Waals surface area contributed by atoms with Gasteiger partial charge < -0.3 is 16.0 Å². The number of fused-ring (bicyclic) bond motifs is 3. The molecule has 2 aromatic heterocycles. The smallest absolute Gasteiger partial charge is 0.271 e. The maximum absolute atomic E-state index is 13.0. The number of amides is 2. The Morgan fingerprint density at radius 2 is 1.97 bits per heavy atom. The fourth-order valence-electron chi connectivity index (χ4n) is 6.05. The average molecular weight is 424 g/mol. The lowest BCUT2D eigenvalue weighted by Gasteiger charge is -2.60. The van der Waals surface area contributed by atoms with E-state index in [1.165, 1.54) is 19.3 Å². The first kappa shape index (κ1) is 20.5. The third kappa shape index (κ3) is 3.73. The van der Waals surface area contributed by atoms with Crippen molar-refractivity contribution in [2.45, 2.75) is 52.0 Å². The molecule has 4 aliphatic rings. The van der Waals surface area contributed by atoms with E-state index in [1.54, 1.807) is 16.7 Å². The van der Waals surface area contributed by atoms with Gasteiger partial charge in [0.05, 0.1) is 0 Å². The summed E-state index contributed by atoms with van der Waals surface area (Å²) in [4.78, 5) is 30.2. The van der Waals surface area contributed by atoms with Crippen LogP contribution >= 0.6 is 0 Å². The van der Waals surface area contributed by atoms with Crippen LogP contribution in [0.2, 0.25) is 0 Å². The molecule has 2 aromatic rings. The summed E-state index contributed by atoms with van der Waals surface area (Å²) in [5.41, 5.74) is 1.90. The number of carbonyl (C=O) groups is 2. The van der Waals surface area contributed by atoms with Gasteiger partial charge in [-0.3, -0.25) is 14.0 Å². The van der Waals surface area contributed by atoms with Gasteiger partial charge in [-0.1, -0.05) is 19.9 Å². The van der Waals surface area contributed by atoms with E-state index in [2.05, 4.69) is 34.8 Å². The van der Waals surface area contributed by atoms with E-state index >= 15 is 0 Å². The molecule has 2 bridgehead atoms. The lowest BCUT2D eigenvalue weighted by Crippen LogP contribution is -2.54. The molecule has 3 saturated carbocycles. The summed E-state index contributed by atoms with van der Waals surface area (Å²) in [5.74, 6) is 1.84. The van der Waals surface area contributed by atoms with E-state index in [0.717, 1.165) is 31.8 Å². The van der Waals surface area contributed by atoms with E-state index in [1.807, 2.05) is 12.1 Å². The Kier molecular flexibility index (Phi) is 5.24. The first-order valence-corrected chi connectivity index (χ1v) is 11.7. The molecule has 2 amide bonds. The number of hydrogen-bond acceptors (Lipinski definition) is 4. The largest absolute Gasteiger partial charge is 0.350 e. The highest BCUT2D eigenvalue weighted by atomic mass is 16.2. The minimum Gasteiger partial charge on any atom is -0.350 e. The number of hydrogen-bond donors (Lipinski definition) is 3. The van der Waals surface area contributed by atoms with Crippen molar-refractivity contribution in [1.82, 2.24) is 25.3 Å². The predicted octanol–water partition coefficient (Wildman–Crippen LogP) is 2.62. The molecule has 0 unspecified atom stereocenters. The highest BCUT2D eigenvalue weighted by Gasteiger charge is 2.53. The number of imidazole rings is 1. The molecule has 6 rings (SSSR count). The number of piperidine rings is 1. The third-order valence-electron chi connectivity index (χ3n) is 8.16. The fraction of sp³-hybridized carbons (Fsp3) is 0.625. The molecule has 0 spiro atoms. The summed E-state index contributed by atoms with van der Waals surface area (Å²) in [6, 6.07) is 5.62. The Morgan fingerprint density at radius 3 is 2.71 bits per heavy atom. The van der Waals surface area contributed by atoms with Crippen molar-refractivity contribution in [3.8, 4) is 0 Å². The Morgan fingerprint density at radius 1 is 1.16 bits per heavy atom. The van der Waals surface area contributed by atoms with Gasteiger partial charge in [-0.15, -0.1) is 0 Å². The highest BCUT2D eigenvalue weighted by Crippen LogP contribution is 2.61. The van der Waals surface area contributed by atoms with E-state index in [-0.39, 0.29) is 17.9 Å². The second-order valence-electron chi connectivity index (χ2n) is 10.2. The van der Waals surface area contributed by atoms with Crippen LogP contribution in [0.1, 0.15) is 66.9 Å². The number of pyridine rings is 1. The second-order valence-corrected chi connectivity index (χ2v) is 10.2. The molecule has 7 nitrogen and oxygen atoms in total. The summed E-state index contributed by atoms with van der Waals surface area (Å²) in [6.45, 7) is 7.30. The number of nitrogens with zero attached hydrogens (tertiary/aromatic N) is 2. The van der Waals surface area contributed by atoms with E-state index in [4.69, 9.17) is 0 Å². The van der Waals surface area contributed by atoms with Crippen LogP contribution in [0.15, 0.2) is 24.4 Å². The van der Waals surface area contributed by atoms with E-state index in [9.17, 15) is 9.59 Å². The normalized spacial score (nSPS) is 27.5. The standard InChI is InChI=1S/C24H33N5O2/c1-24(2)16-7-6-15(18(24)12-16)13-26-23(31)20-4-3-5-21-28-19(14-29(20)21)22(30)27-17-8-10-25-11-9-17/h3-5,14-18,25H,6-13H2,1-2H3,(H,26,31)(H,27,30)/t15-,16-,18-/m0/s1. The average Bonchev–Trinajstić information content (AvgIpc) is 3.23. The predicted molar refractivity (Wildman–Crippen MR) is 119 cm³/mol. The molecular formula is C24H33N5O2. The minimum atomic E-state index is -0.175. The summed E-state index contributed by atoms with van der Waals surface area (Å²) in [6.07, 6.45) is 7.31. The van der Waals surface area contributed by atoms with Gasteiger partial charge in [0.15, 0.2) is 0 Å². The van der Waals surface area contributed by atoms with Gasteiger partial charge in [0.1, 0.15) is 17.0 Å². The highest BCUT2D eigenvalue weighted by molar-refractivity contribution is 5.95. The van der Waals surface area contributed by atoms with Crippen LogP contribution < -0.4 is 16.0 Å². The van der Waals surface area contributed by atoms with Gasteiger partial charge in [-0.25, -0.2) is 4.98 Å². The molecule has 0 aromatic carbocycles. The Hall–Kier alpha value is -2.41. The second kappa shape index (κ2) is 7.93. The molecule has 3 heterocycles. The van der Waals surface area contributed by atoms with Gasteiger partial charge >= 0.3 is 0 Å². The molecule has 7 heteroatoms. The summed E-state index contributed by atoms with van der Waals surface area (Å²) >= 11 is 0. The summed E-state index contributed by atoms with van der Waals surface area (Å²) in [7, 11) is 0. The lowest BCUT2D eigenvalue weighted by atomic mass is 9.45. The monoisotopic (exact) mass is 423 g/mol. The van der Waals surface area contributed by atoms with Gasteiger partial charge in [0.2, 0.25) is 0 Å². The van der Waals surface area contributed by atoms with Crippen molar-refractivity contribution in [2.75, 3.05) is 19.6 Å². The number of carbonyl (C=O) groups excluding carboxylic acids is 2. The van der Waals surface area contributed by atoms with Crippen LogP contribution in [0.5, 0.6) is 0 Å². The molecule has 166 valence electrons. The van der Waals surface area contributed by atoms with Crippen molar-refractivity contribution in [1.29, 1.82) is 0 Å². The van der Waals surface area contributed by atoms with Crippen LogP contribution in [0.4, 0.5) is 0 Å². The van der Waals surface area contributed by atoms with Crippen LogP contribution in [-0.2, 0) is 0 Å². The van der Waals surface area contributed by atoms with E-state index in [0.29, 0.717) is 40.8 Å². The van der Waals surface area contributed by atoms with Crippen LogP contribution in [0, 0.1) is 23.2 Å². The van der Waals surface area contributed by atoms with Gasteiger partial charge in [0, 0.05) is 18.8 Å². The summed E-state index contributed by atoms with van der Waals surface area (Å²) in [5, 5.41) is 9.54. The van der Waals surface area contributed by atoms with Crippen molar-refractivity contribution in [2.24, 2.45) is 23.2 Å². The van der Waals surface area contributed by atoms with Gasteiger partial charge in [-0.05, 0) is 80.5 Å². The number of aromatic nitrogens is 2.